The lowest BCUT2D eigenvalue weighted by atomic mass is 9.87. The molecule has 0 spiro atoms. The Labute approximate surface area is 90.6 Å². The Morgan fingerprint density at radius 3 is 2.86 bits per heavy atom. The van der Waals surface area contributed by atoms with Gasteiger partial charge < -0.3 is 0 Å². The van der Waals surface area contributed by atoms with Crippen LogP contribution in [0.3, 0.4) is 0 Å². The average Bonchev–Trinajstić information content (AvgIpc) is 2.61. The van der Waals surface area contributed by atoms with E-state index in [-0.39, 0.29) is 5.41 Å². The van der Waals surface area contributed by atoms with Gasteiger partial charge >= 0.3 is 0 Å². The van der Waals surface area contributed by atoms with E-state index in [0.717, 1.165) is 12.8 Å². The van der Waals surface area contributed by atoms with Gasteiger partial charge in [-0.1, -0.05) is 13.0 Å². The predicted molar refractivity (Wildman–Crippen MR) is 60.6 cm³/mol. The highest BCUT2D eigenvalue weighted by atomic mass is 35.5. The molecule has 0 aliphatic heterocycles. The molecule has 0 aromatic carbocycles. The largest absolute Gasteiger partial charge is 0.273 e. The molecule has 0 bridgehead atoms. The number of hydrogen-bond donors (Lipinski definition) is 0. The van der Waals surface area contributed by atoms with Gasteiger partial charge in [-0.05, 0) is 24.3 Å². The first-order valence-corrected chi connectivity index (χ1v) is 5.31. The zero-order valence-electron chi connectivity index (χ0n) is 8.83. The van der Waals surface area contributed by atoms with Crippen molar-refractivity contribution in [1.82, 2.24) is 9.78 Å². The van der Waals surface area contributed by atoms with Crippen LogP contribution in [0.15, 0.2) is 24.9 Å². The summed E-state index contributed by atoms with van der Waals surface area (Å²) in [7, 11) is 1.96. The minimum Gasteiger partial charge on any atom is -0.273 e. The van der Waals surface area contributed by atoms with Crippen molar-refractivity contribution < 1.29 is 0 Å². The van der Waals surface area contributed by atoms with Crippen LogP contribution in [0.5, 0.6) is 0 Å². The molecule has 1 rings (SSSR count). The van der Waals surface area contributed by atoms with Crippen LogP contribution in [0.25, 0.3) is 0 Å². The lowest BCUT2D eigenvalue weighted by Crippen LogP contribution is -2.16. The topological polar surface area (TPSA) is 17.8 Å². The van der Waals surface area contributed by atoms with Crippen LogP contribution in [0.2, 0.25) is 0 Å². The Hall–Kier alpha value is -0.760. The number of alkyl halides is 1. The number of halogens is 1. The molecule has 0 saturated carbocycles. The number of rotatable bonds is 5. The fourth-order valence-electron chi connectivity index (χ4n) is 1.28. The molecule has 0 radical (unpaired) electrons. The summed E-state index contributed by atoms with van der Waals surface area (Å²) in [5.41, 5.74) is 1.27. The number of aromatic nitrogens is 2. The van der Waals surface area contributed by atoms with Crippen molar-refractivity contribution in [2.24, 2.45) is 12.5 Å². The number of hydrogen-bond acceptors (Lipinski definition) is 1. The number of nitrogens with zero attached hydrogens (tertiary/aromatic N) is 2. The molecule has 0 aliphatic carbocycles. The third-order valence-corrected chi connectivity index (χ3v) is 3.28. The van der Waals surface area contributed by atoms with Crippen molar-refractivity contribution in [3.05, 3.63) is 30.6 Å². The number of allylic oxidation sites excluding steroid dienone is 1. The molecule has 14 heavy (non-hydrogen) atoms. The molecule has 2 nitrogen and oxygen atoms in total. The third kappa shape index (κ3) is 2.61. The van der Waals surface area contributed by atoms with Gasteiger partial charge in [0.2, 0.25) is 0 Å². The molecule has 0 aliphatic rings. The SMILES string of the molecule is C=CC(C)(CCl)CCc1ccnn1C. The molecule has 1 aromatic rings. The normalized spacial score (nSPS) is 15.1. The van der Waals surface area contributed by atoms with Crippen LogP contribution in [-0.2, 0) is 13.5 Å². The summed E-state index contributed by atoms with van der Waals surface area (Å²) in [4.78, 5) is 0. The van der Waals surface area contributed by atoms with E-state index in [1.54, 1.807) is 0 Å². The van der Waals surface area contributed by atoms with Crippen molar-refractivity contribution in [3.63, 3.8) is 0 Å². The van der Waals surface area contributed by atoms with E-state index in [4.69, 9.17) is 11.6 Å². The van der Waals surface area contributed by atoms with Gasteiger partial charge in [0.15, 0.2) is 0 Å². The van der Waals surface area contributed by atoms with Crippen molar-refractivity contribution in [2.45, 2.75) is 19.8 Å². The Kier molecular flexibility index (Phi) is 3.76. The summed E-state index contributed by atoms with van der Waals surface area (Å²) >= 11 is 5.90. The first kappa shape index (κ1) is 11.3. The van der Waals surface area contributed by atoms with E-state index in [2.05, 4.69) is 18.6 Å². The Morgan fingerprint density at radius 1 is 1.71 bits per heavy atom. The summed E-state index contributed by atoms with van der Waals surface area (Å²) in [6.45, 7) is 5.95. The minimum absolute atomic E-state index is 0.0336. The standard InChI is InChI=1S/C11H17ClN2/c1-4-11(2,9-12)7-5-10-6-8-13-14(10)3/h4,6,8H,1,5,7,9H2,2-3H3. The zero-order chi connectivity index (χ0) is 10.6. The summed E-state index contributed by atoms with van der Waals surface area (Å²) < 4.78 is 1.90. The van der Waals surface area contributed by atoms with E-state index < -0.39 is 0 Å². The van der Waals surface area contributed by atoms with Gasteiger partial charge in [0.1, 0.15) is 0 Å². The second-order valence-electron chi connectivity index (χ2n) is 3.94. The first-order chi connectivity index (χ1) is 6.61. The van der Waals surface area contributed by atoms with Gasteiger partial charge in [-0.15, -0.1) is 18.2 Å². The van der Waals surface area contributed by atoms with Crippen LogP contribution in [-0.4, -0.2) is 15.7 Å². The van der Waals surface area contributed by atoms with E-state index in [1.165, 1.54) is 5.69 Å². The lowest BCUT2D eigenvalue weighted by Gasteiger charge is -2.22. The van der Waals surface area contributed by atoms with Gasteiger partial charge in [0.25, 0.3) is 0 Å². The molecule has 0 fully saturated rings. The Balaban J connectivity index is 2.56. The molecular formula is C11H17ClN2. The lowest BCUT2D eigenvalue weighted by molar-refractivity contribution is 0.438. The average molecular weight is 213 g/mol. The summed E-state index contributed by atoms with van der Waals surface area (Å²) in [6.07, 6.45) is 5.77. The summed E-state index contributed by atoms with van der Waals surface area (Å²) in [5.74, 6) is 0.619. The zero-order valence-corrected chi connectivity index (χ0v) is 9.59. The van der Waals surface area contributed by atoms with Crippen molar-refractivity contribution in [1.29, 1.82) is 0 Å². The highest BCUT2D eigenvalue weighted by molar-refractivity contribution is 6.18. The molecule has 1 heterocycles. The van der Waals surface area contributed by atoms with Crippen LogP contribution in [0, 0.1) is 5.41 Å². The molecule has 1 atom stereocenters. The van der Waals surface area contributed by atoms with Crippen molar-refractivity contribution in [3.8, 4) is 0 Å². The predicted octanol–water partition coefficient (Wildman–Crippen LogP) is 2.78. The monoisotopic (exact) mass is 212 g/mol. The summed E-state index contributed by atoms with van der Waals surface area (Å²) in [5, 5.41) is 4.13. The van der Waals surface area contributed by atoms with Crippen LogP contribution in [0.1, 0.15) is 19.0 Å². The highest BCUT2D eigenvalue weighted by Crippen LogP contribution is 2.26. The van der Waals surface area contributed by atoms with E-state index in [9.17, 15) is 0 Å². The second-order valence-corrected chi connectivity index (χ2v) is 4.21. The Morgan fingerprint density at radius 2 is 2.43 bits per heavy atom. The Bertz CT molecular complexity index is 306. The molecule has 3 heteroatoms. The maximum Gasteiger partial charge on any atom is 0.0492 e. The quantitative estimate of drug-likeness (QED) is 0.542. The fraction of sp³-hybridized carbons (Fsp3) is 0.545. The first-order valence-electron chi connectivity index (χ1n) is 4.78. The third-order valence-electron chi connectivity index (χ3n) is 2.67. The molecule has 0 N–H and O–H groups in total. The molecular weight excluding hydrogens is 196 g/mol. The maximum atomic E-state index is 5.90. The molecule has 0 amide bonds. The number of aryl methyl sites for hydroxylation is 2. The van der Waals surface area contributed by atoms with E-state index in [0.29, 0.717) is 5.88 Å². The van der Waals surface area contributed by atoms with Gasteiger partial charge in [-0.3, -0.25) is 4.68 Å². The second kappa shape index (κ2) is 4.65. The van der Waals surface area contributed by atoms with Crippen molar-refractivity contribution >= 4 is 11.6 Å². The van der Waals surface area contributed by atoms with Gasteiger partial charge in [0.05, 0.1) is 0 Å². The summed E-state index contributed by atoms with van der Waals surface area (Å²) in [6, 6.07) is 2.04. The van der Waals surface area contributed by atoms with Crippen LogP contribution in [0.4, 0.5) is 0 Å². The fourth-order valence-corrected chi connectivity index (χ4v) is 1.53. The molecule has 78 valence electrons. The minimum atomic E-state index is 0.0336. The highest BCUT2D eigenvalue weighted by Gasteiger charge is 2.18. The van der Waals surface area contributed by atoms with Gasteiger partial charge in [-0.2, -0.15) is 5.10 Å². The van der Waals surface area contributed by atoms with Crippen molar-refractivity contribution in [2.75, 3.05) is 5.88 Å². The molecule has 1 aromatic heterocycles. The van der Waals surface area contributed by atoms with Crippen LogP contribution >= 0.6 is 11.6 Å². The van der Waals surface area contributed by atoms with Gasteiger partial charge in [-0.25, -0.2) is 0 Å². The van der Waals surface area contributed by atoms with E-state index in [1.807, 2.05) is 30.1 Å². The van der Waals surface area contributed by atoms with E-state index >= 15 is 0 Å². The smallest absolute Gasteiger partial charge is 0.0492 e. The molecule has 1 unspecified atom stereocenters. The maximum absolute atomic E-state index is 5.90. The van der Waals surface area contributed by atoms with Gasteiger partial charge in [0, 0.05) is 24.8 Å². The molecule has 0 saturated heterocycles. The van der Waals surface area contributed by atoms with Crippen LogP contribution < -0.4 is 0 Å².